The standard InChI is InChI=1S/C18H32/c1-3-5-7-9-11-13-15-17-18-16-14-12-10-8-6-4-2/h5,7,11,13,17-18H,3-4,6,8-10,12,14-16H2,1-2H3. The van der Waals surface area contributed by atoms with Gasteiger partial charge in [0.05, 0.1) is 0 Å². The Labute approximate surface area is 115 Å². The van der Waals surface area contributed by atoms with E-state index in [-0.39, 0.29) is 0 Å². The lowest BCUT2D eigenvalue weighted by Crippen LogP contribution is -1.77. The van der Waals surface area contributed by atoms with Crippen LogP contribution >= 0.6 is 0 Å². The Kier molecular flexibility index (Phi) is 15.5. The predicted molar refractivity (Wildman–Crippen MR) is 84.9 cm³/mol. The van der Waals surface area contributed by atoms with Gasteiger partial charge in [0.25, 0.3) is 0 Å². The summed E-state index contributed by atoms with van der Waals surface area (Å²) in [6, 6.07) is 0. The van der Waals surface area contributed by atoms with Crippen LogP contribution in [0.2, 0.25) is 0 Å². The van der Waals surface area contributed by atoms with Gasteiger partial charge in [-0.2, -0.15) is 0 Å². The highest BCUT2D eigenvalue weighted by Gasteiger charge is 1.87. The maximum atomic E-state index is 2.34. The quantitative estimate of drug-likeness (QED) is 0.270. The molecule has 0 aliphatic rings. The van der Waals surface area contributed by atoms with E-state index in [1.165, 1.54) is 44.9 Å². The van der Waals surface area contributed by atoms with Crippen molar-refractivity contribution in [1.82, 2.24) is 0 Å². The lowest BCUT2D eigenvalue weighted by molar-refractivity contribution is 0.611. The molecule has 0 unspecified atom stereocenters. The fraction of sp³-hybridized carbons (Fsp3) is 0.667. The molecule has 0 heterocycles. The number of hydrogen-bond donors (Lipinski definition) is 0. The Morgan fingerprint density at radius 2 is 1.11 bits per heavy atom. The zero-order valence-electron chi connectivity index (χ0n) is 12.5. The second-order valence-electron chi connectivity index (χ2n) is 4.85. The van der Waals surface area contributed by atoms with Crippen LogP contribution in [0.3, 0.4) is 0 Å². The van der Waals surface area contributed by atoms with Gasteiger partial charge in [0.1, 0.15) is 0 Å². The third-order valence-corrected chi connectivity index (χ3v) is 3.00. The smallest absolute Gasteiger partial charge is 0.0169 e. The van der Waals surface area contributed by atoms with Crippen LogP contribution in [-0.4, -0.2) is 0 Å². The number of unbranched alkanes of at least 4 members (excludes halogenated alkanes) is 6. The van der Waals surface area contributed by atoms with Gasteiger partial charge in [-0.25, -0.2) is 0 Å². The van der Waals surface area contributed by atoms with Gasteiger partial charge in [0.15, 0.2) is 0 Å². The zero-order valence-corrected chi connectivity index (χ0v) is 12.5. The highest BCUT2D eigenvalue weighted by molar-refractivity contribution is 4.96. The van der Waals surface area contributed by atoms with Gasteiger partial charge in [-0.1, -0.05) is 82.4 Å². The number of allylic oxidation sites excluding steroid dienone is 6. The van der Waals surface area contributed by atoms with Crippen LogP contribution in [0.1, 0.15) is 78.1 Å². The van der Waals surface area contributed by atoms with Crippen LogP contribution in [0.4, 0.5) is 0 Å². The molecule has 0 aliphatic carbocycles. The van der Waals surface area contributed by atoms with Crippen molar-refractivity contribution in [3.63, 3.8) is 0 Å². The summed E-state index contributed by atoms with van der Waals surface area (Å²) in [5.41, 5.74) is 0. The summed E-state index contributed by atoms with van der Waals surface area (Å²) in [5.74, 6) is 0. The third-order valence-electron chi connectivity index (χ3n) is 3.00. The van der Waals surface area contributed by atoms with Crippen LogP contribution < -0.4 is 0 Å². The van der Waals surface area contributed by atoms with Gasteiger partial charge in [-0.15, -0.1) is 0 Å². The Balaban J connectivity index is 3.20. The van der Waals surface area contributed by atoms with Crippen LogP contribution in [0.25, 0.3) is 0 Å². The third kappa shape index (κ3) is 15.2. The first-order valence-electron chi connectivity index (χ1n) is 7.86. The average molecular weight is 248 g/mol. The minimum atomic E-state index is 1.08. The van der Waals surface area contributed by atoms with Gasteiger partial charge in [-0.05, 0) is 32.1 Å². The van der Waals surface area contributed by atoms with Crippen molar-refractivity contribution in [2.24, 2.45) is 0 Å². The first-order valence-corrected chi connectivity index (χ1v) is 7.86. The fourth-order valence-corrected chi connectivity index (χ4v) is 1.87. The van der Waals surface area contributed by atoms with E-state index in [4.69, 9.17) is 0 Å². The van der Waals surface area contributed by atoms with Crippen molar-refractivity contribution in [2.75, 3.05) is 0 Å². The minimum Gasteiger partial charge on any atom is -0.0885 e. The van der Waals surface area contributed by atoms with E-state index >= 15 is 0 Å². The van der Waals surface area contributed by atoms with Crippen molar-refractivity contribution in [3.05, 3.63) is 36.5 Å². The largest absolute Gasteiger partial charge is 0.0885 e. The highest BCUT2D eigenvalue weighted by Crippen LogP contribution is 2.07. The topological polar surface area (TPSA) is 0 Å². The number of hydrogen-bond acceptors (Lipinski definition) is 0. The van der Waals surface area contributed by atoms with Crippen LogP contribution in [0, 0.1) is 0 Å². The average Bonchev–Trinajstić information content (AvgIpc) is 2.39. The molecule has 0 saturated heterocycles. The summed E-state index contributed by atoms with van der Waals surface area (Å²) in [6.45, 7) is 4.44. The molecular formula is C18H32. The Bertz CT molecular complexity index is 220. The monoisotopic (exact) mass is 248 g/mol. The molecule has 0 radical (unpaired) electrons. The number of rotatable bonds is 12. The van der Waals surface area contributed by atoms with E-state index in [1.807, 2.05) is 0 Å². The summed E-state index contributed by atoms with van der Waals surface area (Å²) in [7, 11) is 0. The Hall–Kier alpha value is -0.780. The van der Waals surface area contributed by atoms with Crippen molar-refractivity contribution >= 4 is 0 Å². The first kappa shape index (κ1) is 17.2. The molecular weight excluding hydrogens is 216 g/mol. The van der Waals surface area contributed by atoms with E-state index < -0.39 is 0 Å². The van der Waals surface area contributed by atoms with Gasteiger partial charge in [0.2, 0.25) is 0 Å². The van der Waals surface area contributed by atoms with Gasteiger partial charge in [-0.3, -0.25) is 0 Å². The normalized spacial score (nSPS) is 12.3. The van der Waals surface area contributed by atoms with Crippen molar-refractivity contribution in [2.45, 2.75) is 78.1 Å². The molecule has 0 spiro atoms. The summed E-state index contributed by atoms with van der Waals surface area (Å²) in [6.07, 6.45) is 26.6. The lowest BCUT2D eigenvalue weighted by atomic mass is 10.1. The van der Waals surface area contributed by atoms with E-state index in [1.54, 1.807) is 0 Å². The van der Waals surface area contributed by atoms with Gasteiger partial charge in [0, 0.05) is 0 Å². The second kappa shape index (κ2) is 16.2. The fourth-order valence-electron chi connectivity index (χ4n) is 1.87. The first-order chi connectivity index (χ1) is 8.91. The van der Waals surface area contributed by atoms with Crippen molar-refractivity contribution in [1.29, 1.82) is 0 Å². The van der Waals surface area contributed by atoms with E-state index in [9.17, 15) is 0 Å². The molecule has 0 amide bonds. The van der Waals surface area contributed by atoms with E-state index in [0.29, 0.717) is 0 Å². The molecule has 0 aliphatic heterocycles. The van der Waals surface area contributed by atoms with Crippen molar-refractivity contribution in [3.8, 4) is 0 Å². The summed E-state index contributed by atoms with van der Waals surface area (Å²) in [5, 5.41) is 0. The van der Waals surface area contributed by atoms with Crippen LogP contribution in [0.15, 0.2) is 36.5 Å². The van der Waals surface area contributed by atoms with Crippen LogP contribution in [0.5, 0.6) is 0 Å². The van der Waals surface area contributed by atoms with E-state index in [0.717, 1.165) is 19.3 Å². The van der Waals surface area contributed by atoms with Gasteiger partial charge >= 0.3 is 0 Å². The summed E-state index contributed by atoms with van der Waals surface area (Å²) in [4.78, 5) is 0. The summed E-state index contributed by atoms with van der Waals surface area (Å²) < 4.78 is 0. The maximum absolute atomic E-state index is 2.34. The molecule has 0 heteroatoms. The van der Waals surface area contributed by atoms with E-state index in [2.05, 4.69) is 50.3 Å². The molecule has 0 aromatic rings. The SMILES string of the molecule is CCC=CCC=CCC=CCCCCCCCC. The molecule has 104 valence electrons. The molecule has 18 heavy (non-hydrogen) atoms. The molecule has 0 nitrogen and oxygen atoms in total. The van der Waals surface area contributed by atoms with Gasteiger partial charge < -0.3 is 0 Å². The molecule has 0 bridgehead atoms. The Morgan fingerprint density at radius 3 is 1.78 bits per heavy atom. The maximum Gasteiger partial charge on any atom is -0.0169 e. The zero-order chi connectivity index (χ0) is 13.3. The predicted octanol–water partition coefficient (Wildman–Crippen LogP) is 6.60. The molecule has 0 fully saturated rings. The van der Waals surface area contributed by atoms with Crippen LogP contribution in [-0.2, 0) is 0 Å². The van der Waals surface area contributed by atoms with Crippen molar-refractivity contribution < 1.29 is 0 Å². The molecule has 0 N–H and O–H groups in total. The molecule has 0 saturated carbocycles. The molecule has 0 rings (SSSR count). The molecule has 0 aromatic heterocycles. The second-order valence-corrected chi connectivity index (χ2v) is 4.85. The highest BCUT2D eigenvalue weighted by atomic mass is 13.9. The lowest BCUT2D eigenvalue weighted by Gasteiger charge is -1.97. The molecule has 0 aromatic carbocycles. The Morgan fingerprint density at radius 1 is 0.556 bits per heavy atom. The summed E-state index contributed by atoms with van der Waals surface area (Å²) >= 11 is 0. The molecule has 0 atom stereocenters. The minimum absolute atomic E-state index is 1.08.